The first-order chi connectivity index (χ1) is 22.5. The van der Waals surface area contributed by atoms with Gasteiger partial charge in [0.15, 0.2) is 6.29 Å². The van der Waals surface area contributed by atoms with Gasteiger partial charge in [-0.1, -0.05) is 72.4 Å². The van der Waals surface area contributed by atoms with E-state index < -0.39 is 6.29 Å². The maximum absolute atomic E-state index is 12.9. The number of hydrogen-bond acceptors (Lipinski definition) is 10. The highest BCUT2D eigenvalue weighted by atomic mass is 32.2. The molecule has 0 aliphatic carbocycles. The molecular weight excluding hydrogens is 606 g/mol. The van der Waals surface area contributed by atoms with Crippen LogP contribution >= 0.6 is 11.8 Å². The van der Waals surface area contributed by atoms with Gasteiger partial charge in [0, 0.05) is 17.7 Å². The summed E-state index contributed by atoms with van der Waals surface area (Å²) in [5, 5.41) is 31.9. The van der Waals surface area contributed by atoms with Crippen LogP contribution in [0.3, 0.4) is 0 Å². The van der Waals surface area contributed by atoms with Crippen LogP contribution in [0, 0.1) is 0 Å². The van der Waals surface area contributed by atoms with Gasteiger partial charge in [-0.25, -0.2) is 0 Å². The maximum atomic E-state index is 12.9. The number of aromatic hydroxyl groups is 1. The number of phenolic OH excluding ortho intramolecular Hbond substituents is 1. The van der Waals surface area contributed by atoms with Crippen LogP contribution in [0.2, 0.25) is 0 Å². The van der Waals surface area contributed by atoms with Crippen LogP contribution in [-0.4, -0.2) is 59.0 Å². The molecule has 1 aromatic heterocycles. The van der Waals surface area contributed by atoms with E-state index >= 15 is 0 Å². The van der Waals surface area contributed by atoms with Crippen LogP contribution < -0.4 is 0 Å². The molecule has 0 spiro atoms. The Morgan fingerprint density at radius 1 is 0.804 bits per heavy atom. The van der Waals surface area contributed by atoms with Crippen molar-refractivity contribution in [1.82, 2.24) is 25.1 Å². The third-order valence-corrected chi connectivity index (χ3v) is 9.07. The first-order valence-electron chi connectivity index (χ1n) is 14.7. The highest BCUT2D eigenvalue weighted by Crippen LogP contribution is 2.39. The Balaban J connectivity index is 1.08. The summed E-state index contributed by atoms with van der Waals surface area (Å²) in [7, 11) is 0. The van der Waals surface area contributed by atoms with Gasteiger partial charge < -0.3 is 19.7 Å². The third kappa shape index (κ3) is 6.03. The largest absolute Gasteiger partial charge is 0.508 e. The number of fused-ring (bicyclic) bond motifs is 1. The van der Waals surface area contributed by atoms with Crippen molar-refractivity contribution in [3.05, 3.63) is 130 Å². The predicted molar refractivity (Wildman–Crippen MR) is 167 cm³/mol. The van der Waals surface area contributed by atoms with Crippen molar-refractivity contribution in [3.63, 3.8) is 0 Å². The second kappa shape index (κ2) is 12.9. The number of aliphatic hydroxyl groups is 1. The molecule has 2 N–H and O–H groups in total. The molecule has 2 aliphatic rings. The number of phenols is 1. The number of rotatable bonds is 9. The van der Waals surface area contributed by atoms with Crippen molar-refractivity contribution >= 4 is 23.6 Å². The Labute approximate surface area is 268 Å². The zero-order valence-corrected chi connectivity index (χ0v) is 25.3. The van der Waals surface area contributed by atoms with E-state index in [0.717, 1.165) is 27.9 Å². The fourth-order valence-corrected chi connectivity index (χ4v) is 6.47. The molecule has 3 unspecified atom stereocenters. The van der Waals surface area contributed by atoms with Crippen molar-refractivity contribution in [2.24, 2.45) is 0 Å². The second-order valence-electron chi connectivity index (χ2n) is 11.0. The predicted octanol–water partition coefficient (Wildman–Crippen LogP) is 4.99. The fraction of sp³-hybridized carbons (Fsp3) is 0.206. The maximum Gasteiger partial charge on any atom is 0.261 e. The molecule has 7 rings (SSSR count). The molecule has 1 saturated heterocycles. The second-order valence-corrected chi connectivity index (χ2v) is 12.0. The molecule has 3 atom stereocenters. The van der Waals surface area contributed by atoms with Gasteiger partial charge in [0.25, 0.3) is 11.8 Å². The van der Waals surface area contributed by atoms with E-state index in [1.54, 1.807) is 53.2 Å². The van der Waals surface area contributed by atoms with E-state index in [0.29, 0.717) is 28.5 Å². The minimum atomic E-state index is -0.677. The molecule has 1 fully saturated rings. The highest BCUT2D eigenvalue weighted by Gasteiger charge is 2.36. The molecule has 5 aromatic rings. The number of benzene rings is 4. The first-order valence-corrected chi connectivity index (χ1v) is 15.7. The zero-order valence-electron chi connectivity index (χ0n) is 24.5. The molecular formula is C34H29N5O6S. The number of hydrogen-bond donors (Lipinski definition) is 2. The number of tetrazole rings is 1. The van der Waals surface area contributed by atoms with Crippen LogP contribution in [0.15, 0.2) is 102 Å². The minimum Gasteiger partial charge on any atom is -0.508 e. The average Bonchev–Trinajstić information content (AvgIpc) is 3.67. The van der Waals surface area contributed by atoms with E-state index in [1.165, 1.54) is 16.7 Å². The fourth-order valence-electron chi connectivity index (χ4n) is 5.56. The molecule has 0 bridgehead atoms. The zero-order chi connectivity index (χ0) is 31.6. The van der Waals surface area contributed by atoms with Gasteiger partial charge in [0.05, 0.1) is 42.2 Å². The smallest absolute Gasteiger partial charge is 0.261 e. The summed E-state index contributed by atoms with van der Waals surface area (Å²) in [4.78, 5) is 27.0. The monoisotopic (exact) mass is 635 g/mol. The van der Waals surface area contributed by atoms with E-state index in [4.69, 9.17) is 9.47 Å². The molecule has 0 saturated carbocycles. The van der Waals surface area contributed by atoms with Gasteiger partial charge in [0.2, 0.25) is 5.16 Å². The lowest BCUT2D eigenvalue weighted by atomic mass is 10.0. The quantitative estimate of drug-likeness (QED) is 0.168. The topological polar surface area (TPSA) is 140 Å². The van der Waals surface area contributed by atoms with Crippen molar-refractivity contribution in [2.75, 3.05) is 5.75 Å². The van der Waals surface area contributed by atoms with Gasteiger partial charge in [-0.15, -0.1) is 5.10 Å². The summed E-state index contributed by atoms with van der Waals surface area (Å²) in [5.41, 5.74) is 4.95. The number of aliphatic hydroxyl groups excluding tert-OH is 1. The Bertz CT molecular complexity index is 1830. The summed E-state index contributed by atoms with van der Waals surface area (Å²) in [6.07, 6.45) is -0.596. The summed E-state index contributed by atoms with van der Waals surface area (Å²) in [6, 6.07) is 28.7. The molecule has 46 heavy (non-hydrogen) atoms. The number of amides is 2. The number of ether oxygens (including phenoxy) is 2. The molecule has 4 aromatic carbocycles. The molecule has 2 amide bonds. The Hall–Kier alpha value is -4.88. The number of carbonyl (C=O) groups excluding carboxylic acids is 2. The SMILES string of the molecule is O=C1c2ccccc2C(=O)N1Cc1ccc(C2OC(CSc3nnnn3-c3ccc(O)cc3)CC(c3ccc(CO)cc3)O2)cc1. The summed E-state index contributed by atoms with van der Waals surface area (Å²) in [5.74, 6) is 0.106. The van der Waals surface area contributed by atoms with Crippen LogP contribution in [0.25, 0.3) is 5.69 Å². The lowest BCUT2D eigenvalue weighted by Gasteiger charge is -2.36. The Kier molecular flexibility index (Phi) is 8.33. The van der Waals surface area contributed by atoms with Gasteiger partial charge in [-0.2, -0.15) is 4.68 Å². The summed E-state index contributed by atoms with van der Waals surface area (Å²) >= 11 is 1.46. The van der Waals surface area contributed by atoms with Crippen molar-refractivity contribution in [3.8, 4) is 11.4 Å². The number of thioether (sulfide) groups is 1. The number of aromatic nitrogens is 4. The van der Waals surface area contributed by atoms with Gasteiger partial charge in [-0.3, -0.25) is 14.5 Å². The van der Waals surface area contributed by atoms with Crippen LogP contribution in [0.1, 0.15) is 61.8 Å². The van der Waals surface area contributed by atoms with Crippen molar-refractivity contribution < 1.29 is 29.3 Å². The van der Waals surface area contributed by atoms with Crippen LogP contribution in [-0.2, 0) is 22.6 Å². The van der Waals surface area contributed by atoms with Gasteiger partial charge in [-0.05, 0) is 63.5 Å². The summed E-state index contributed by atoms with van der Waals surface area (Å²) < 4.78 is 14.5. The lowest BCUT2D eigenvalue weighted by Crippen LogP contribution is -2.31. The van der Waals surface area contributed by atoms with Crippen molar-refractivity contribution in [2.45, 2.75) is 43.2 Å². The number of carbonyl (C=O) groups is 2. The molecule has 0 radical (unpaired) electrons. The normalized spacial score (nSPS) is 19.4. The molecule has 232 valence electrons. The number of imide groups is 1. The molecule has 2 aliphatic heterocycles. The Morgan fingerprint density at radius 3 is 2.13 bits per heavy atom. The standard InChI is InChI=1S/C34H29N5O6S/c40-19-22-7-9-23(10-8-22)30-17-27(20-46-34-35-36-37-39(34)25-13-15-26(41)16-14-25)44-33(45-30)24-11-5-21(6-12-24)18-38-31(42)28-3-1-2-4-29(28)32(38)43/h1-16,27,30,33,40-41H,17-20H2. The van der Waals surface area contributed by atoms with Gasteiger partial charge in [0.1, 0.15) is 5.75 Å². The molecule has 12 heteroatoms. The Morgan fingerprint density at radius 2 is 1.46 bits per heavy atom. The lowest BCUT2D eigenvalue weighted by molar-refractivity contribution is -0.245. The van der Waals surface area contributed by atoms with Crippen LogP contribution in [0.5, 0.6) is 5.75 Å². The molecule has 11 nitrogen and oxygen atoms in total. The molecule has 3 heterocycles. The van der Waals surface area contributed by atoms with Gasteiger partial charge >= 0.3 is 0 Å². The highest BCUT2D eigenvalue weighted by molar-refractivity contribution is 7.99. The summed E-state index contributed by atoms with van der Waals surface area (Å²) in [6.45, 7) is 0.119. The average molecular weight is 636 g/mol. The first kappa shape index (κ1) is 29.8. The number of nitrogens with zero attached hydrogens (tertiary/aromatic N) is 5. The van der Waals surface area contributed by atoms with E-state index in [2.05, 4.69) is 15.5 Å². The van der Waals surface area contributed by atoms with Crippen molar-refractivity contribution in [1.29, 1.82) is 0 Å². The van der Waals surface area contributed by atoms with E-state index in [-0.39, 0.29) is 42.9 Å². The third-order valence-electron chi connectivity index (χ3n) is 8.02. The minimum absolute atomic E-state index is 0.0420. The van der Waals surface area contributed by atoms with E-state index in [9.17, 15) is 19.8 Å². The van der Waals surface area contributed by atoms with E-state index in [1.807, 2.05) is 48.5 Å². The van der Waals surface area contributed by atoms with Crippen LogP contribution in [0.4, 0.5) is 0 Å².